The predicted octanol–water partition coefficient (Wildman–Crippen LogP) is 2.71. The number of hydrogen-bond donors (Lipinski definition) is 3. The number of nitrogens with one attached hydrogen (secondary N) is 2. The molecule has 20 heavy (non-hydrogen) atoms. The van der Waals surface area contributed by atoms with Crippen molar-refractivity contribution in [3.05, 3.63) is 53.9 Å². The van der Waals surface area contributed by atoms with Crippen LogP contribution in [-0.4, -0.2) is 15.9 Å². The maximum Gasteiger partial charge on any atom is 0.273 e. The van der Waals surface area contributed by atoms with Crippen LogP contribution < -0.4 is 11.1 Å². The zero-order valence-corrected chi connectivity index (χ0v) is 11.0. The normalized spacial score (nSPS) is 10.7. The summed E-state index contributed by atoms with van der Waals surface area (Å²) in [7, 11) is 0. The molecule has 0 saturated carbocycles. The second kappa shape index (κ2) is 4.70. The van der Waals surface area contributed by atoms with Gasteiger partial charge in [-0.05, 0) is 48.9 Å². The van der Waals surface area contributed by atoms with Gasteiger partial charge in [-0.25, -0.2) is 4.98 Å². The third-order valence-electron chi connectivity index (χ3n) is 3.05. The Labute approximate surface area is 115 Å². The molecular formula is C15H14N4O. The van der Waals surface area contributed by atoms with Gasteiger partial charge in [0.15, 0.2) is 0 Å². The lowest BCUT2D eigenvalue weighted by Gasteiger charge is -2.03. The quantitative estimate of drug-likeness (QED) is 0.623. The number of aromatic amines is 1. The van der Waals surface area contributed by atoms with E-state index in [-0.39, 0.29) is 5.91 Å². The zero-order chi connectivity index (χ0) is 14.1. The van der Waals surface area contributed by atoms with E-state index in [1.807, 2.05) is 31.2 Å². The number of aromatic nitrogens is 2. The van der Waals surface area contributed by atoms with Gasteiger partial charge in [-0.3, -0.25) is 4.79 Å². The molecule has 0 saturated heterocycles. The third-order valence-corrected chi connectivity index (χ3v) is 3.05. The summed E-state index contributed by atoms with van der Waals surface area (Å²) in [5.74, 6) is 0.311. The van der Waals surface area contributed by atoms with Crippen molar-refractivity contribution >= 4 is 28.3 Å². The molecule has 2 heterocycles. The molecule has 0 aliphatic rings. The number of hydrogen-bond acceptors (Lipinski definition) is 3. The van der Waals surface area contributed by atoms with E-state index in [9.17, 15) is 4.79 Å². The van der Waals surface area contributed by atoms with Crippen molar-refractivity contribution in [3.8, 4) is 0 Å². The van der Waals surface area contributed by atoms with Gasteiger partial charge in [0.1, 0.15) is 11.5 Å². The molecule has 0 unspecified atom stereocenters. The van der Waals surface area contributed by atoms with Crippen LogP contribution in [0.5, 0.6) is 0 Å². The van der Waals surface area contributed by atoms with E-state index in [1.165, 1.54) is 0 Å². The number of fused-ring (bicyclic) bond motifs is 1. The number of rotatable bonds is 2. The molecule has 0 spiro atoms. The largest absolute Gasteiger partial charge is 0.399 e. The van der Waals surface area contributed by atoms with Gasteiger partial charge in [-0.2, -0.15) is 0 Å². The second-order valence-electron chi connectivity index (χ2n) is 4.70. The maximum atomic E-state index is 12.2. The molecule has 2 aromatic heterocycles. The summed E-state index contributed by atoms with van der Waals surface area (Å²) in [6, 6.07) is 10.9. The lowest BCUT2D eigenvalue weighted by molar-refractivity contribution is 0.102. The molecule has 1 aromatic carbocycles. The summed E-state index contributed by atoms with van der Waals surface area (Å²) >= 11 is 0. The van der Waals surface area contributed by atoms with E-state index >= 15 is 0 Å². The van der Waals surface area contributed by atoms with Gasteiger partial charge < -0.3 is 16.0 Å². The number of anilines is 2. The monoisotopic (exact) mass is 266 g/mol. The minimum Gasteiger partial charge on any atom is -0.399 e. The molecule has 100 valence electrons. The minimum absolute atomic E-state index is 0.224. The van der Waals surface area contributed by atoms with Gasteiger partial charge in [-0.1, -0.05) is 0 Å². The molecule has 0 aliphatic heterocycles. The average Bonchev–Trinajstić information content (AvgIpc) is 2.81. The van der Waals surface area contributed by atoms with Crippen molar-refractivity contribution in [2.24, 2.45) is 0 Å². The smallest absolute Gasteiger partial charge is 0.273 e. The van der Waals surface area contributed by atoms with E-state index in [0.29, 0.717) is 17.2 Å². The topological polar surface area (TPSA) is 83.8 Å². The third kappa shape index (κ3) is 2.33. The van der Waals surface area contributed by atoms with E-state index in [2.05, 4.69) is 15.3 Å². The number of aryl methyl sites for hydroxylation is 1. The fraction of sp³-hybridized carbons (Fsp3) is 0.0667. The van der Waals surface area contributed by atoms with Crippen LogP contribution in [0.25, 0.3) is 10.9 Å². The molecule has 3 aromatic rings. The number of carbonyl (C=O) groups is 1. The van der Waals surface area contributed by atoms with Crippen molar-refractivity contribution in [2.45, 2.75) is 6.92 Å². The summed E-state index contributed by atoms with van der Waals surface area (Å²) in [5, 5.41) is 3.67. The first-order valence-corrected chi connectivity index (χ1v) is 6.24. The molecule has 0 bridgehead atoms. The molecule has 4 N–H and O–H groups in total. The first-order valence-electron chi connectivity index (χ1n) is 6.24. The highest BCUT2D eigenvalue weighted by Gasteiger charge is 2.10. The van der Waals surface area contributed by atoms with E-state index in [0.717, 1.165) is 16.5 Å². The Bertz CT molecular complexity index is 791. The average molecular weight is 266 g/mol. The fourth-order valence-corrected chi connectivity index (χ4v) is 2.06. The van der Waals surface area contributed by atoms with E-state index < -0.39 is 0 Å². The summed E-state index contributed by atoms with van der Waals surface area (Å²) in [6.45, 7) is 1.95. The number of pyridine rings is 1. The molecular weight excluding hydrogens is 252 g/mol. The van der Waals surface area contributed by atoms with Crippen LogP contribution in [0.3, 0.4) is 0 Å². The zero-order valence-electron chi connectivity index (χ0n) is 11.0. The molecule has 5 nitrogen and oxygen atoms in total. The first-order chi connectivity index (χ1) is 9.61. The van der Waals surface area contributed by atoms with E-state index in [4.69, 9.17) is 5.73 Å². The minimum atomic E-state index is -0.224. The highest BCUT2D eigenvalue weighted by Crippen LogP contribution is 2.19. The van der Waals surface area contributed by atoms with Gasteiger partial charge in [0.05, 0.1) is 0 Å². The van der Waals surface area contributed by atoms with Gasteiger partial charge in [0, 0.05) is 22.8 Å². The van der Waals surface area contributed by atoms with Crippen molar-refractivity contribution in [1.29, 1.82) is 0 Å². The van der Waals surface area contributed by atoms with Crippen molar-refractivity contribution in [2.75, 3.05) is 11.1 Å². The van der Waals surface area contributed by atoms with Gasteiger partial charge in [0.25, 0.3) is 5.91 Å². The van der Waals surface area contributed by atoms with Crippen LogP contribution in [0, 0.1) is 6.92 Å². The number of nitrogens with two attached hydrogens (primary N) is 1. The molecule has 1 amide bonds. The van der Waals surface area contributed by atoms with Crippen LogP contribution in [-0.2, 0) is 0 Å². The number of H-pyrrole nitrogens is 1. The highest BCUT2D eigenvalue weighted by molar-refractivity contribution is 6.05. The first kappa shape index (κ1) is 12.2. The summed E-state index contributed by atoms with van der Waals surface area (Å²) in [4.78, 5) is 19.3. The lowest BCUT2D eigenvalue weighted by Crippen LogP contribution is -2.13. The van der Waals surface area contributed by atoms with Crippen molar-refractivity contribution in [1.82, 2.24) is 9.97 Å². The molecule has 5 heteroatoms. The summed E-state index contributed by atoms with van der Waals surface area (Å²) < 4.78 is 0. The highest BCUT2D eigenvalue weighted by atomic mass is 16.1. The summed E-state index contributed by atoms with van der Waals surface area (Å²) in [5.41, 5.74) is 8.79. The predicted molar refractivity (Wildman–Crippen MR) is 79.6 cm³/mol. The van der Waals surface area contributed by atoms with Crippen molar-refractivity contribution < 1.29 is 4.79 Å². The molecule has 0 aliphatic carbocycles. The fourth-order valence-electron chi connectivity index (χ4n) is 2.06. The Morgan fingerprint density at radius 1 is 1.25 bits per heavy atom. The van der Waals surface area contributed by atoms with Crippen LogP contribution in [0.4, 0.5) is 11.5 Å². The Balaban J connectivity index is 1.88. The van der Waals surface area contributed by atoms with Crippen LogP contribution in [0.1, 0.15) is 16.1 Å². The van der Waals surface area contributed by atoms with Gasteiger partial charge >= 0.3 is 0 Å². The number of nitrogens with zero attached hydrogens (tertiary/aromatic N) is 1. The Morgan fingerprint density at radius 2 is 2.10 bits per heavy atom. The Morgan fingerprint density at radius 3 is 2.90 bits per heavy atom. The molecule has 0 fully saturated rings. The number of amides is 1. The number of nitrogen functional groups attached to an aromatic ring is 1. The van der Waals surface area contributed by atoms with E-state index in [1.54, 1.807) is 18.3 Å². The molecule has 3 rings (SSSR count). The Kier molecular flexibility index (Phi) is 2.87. The number of benzene rings is 1. The van der Waals surface area contributed by atoms with Gasteiger partial charge in [-0.15, -0.1) is 0 Å². The van der Waals surface area contributed by atoms with Gasteiger partial charge in [0.2, 0.25) is 0 Å². The summed E-state index contributed by atoms with van der Waals surface area (Å²) in [6.07, 6.45) is 1.66. The second-order valence-corrected chi connectivity index (χ2v) is 4.70. The van der Waals surface area contributed by atoms with Crippen molar-refractivity contribution in [3.63, 3.8) is 0 Å². The van der Waals surface area contributed by atoms with Crippen LogP contribution >= 0.6 is 0 Å². The maximum absolute atomic E-state index is 12.2. The SMILES string of the molecule is Cc1ccnc(NC(=O)c2cc3cc(N)ccc3[nH]2)c1. The standard InChI is InChI=1S/C15H14N4O/c1-9-4-5-17-14(6-9)19-15(20)13-8-10-7-11(16)2-3-12(10)18-13/h2-8,18H,16H2,1H3,(H,17,19,20). The Hall–Kier alpha value is -2.82. The number of carbonyl (C=O) groups excluding carboxylic acids is 1. The van der Waals surface area contributed by atoms with Crippen LogP contribution in [0.15, 0.2) is 42.6 Å². The van der Waals surface area contributed by atoms with Crippen LogP contribution in [0.2, 0.25) is 0 Å². The molecule has 0 atom stereocenters. The molecule has 0 radical (unpaired) electrons. The lowest BCUT2D eigenvalue weighted by atomic mass is 10.2.